The molecule has 0 radical (unpaired) electrons. The van der Waals surface area contributed by atoms with Crippen LogP contribution >= 0.6 is 0 Å². The molecule has 0 aliphatic carbocycles. The average molecular weight is 319 g/mol. The first-order valence-electron chi connectivity index (χ1n) is 7.18. The Kier molecular flexibility index (Phi) is 6.23. The van der Waals surface area contributed by atoms with E-state index in [2.05, 4.69) is 5.16 Å². The van der Waals surface area contributed by atoms with Gasteiger partial charge in [-0.25, -0.2) is 4.39 Å². The van der Waals surface area contributed by atoms with E-state index >= 15 is 0 Å². The molecule has 0 spiro atoms. The highest BCUT2D eigenvalue weighted by Crippen LogP contribution is 2.28. The van der Waals surface area contributed by atoms with E-state index in [4.69, 9.17) is 19.4 Å². The van der Waals surface area contributed by atoms with Gasteiger partial charge in [0.15, 0.2) is 11.5 Å². The Labute approximate surface area is 133 Å². The topological polar surface area (TPSA) is 60.3 Å². The van der Waals surface area contributed by atoms with Crippen molar-refractivity contribution >= 4 is 6.21 Å². The average Bonchev–Trinajstić information content (AvgIpc) is 2.55. The zero-order valence-electron chi connectivity index (χ0n) is 12.7. The first kappa shape index (κ1) is 16.6. The molecule has 6 heteroatoms. The van der Waals surface area contributed by atoms with E-state index in [1.54, 1.807) is 30.3 Å². The summed E-state index contributed by atoms with van der Waals surface area (Å²) >= 11 is 0. The lowest BCUT2D eigenvalue weighted by Gasteiger charge is -2.13. The number of hydrogen-bond acceptors (Lipinski definition) is 5. The minimum atomic E-state index is -0.304. The second kappa shape index (κ2) is 8.63. The molecule has 0 aliphatic rings. The van der Waals surface area contributed by atoms with E-state index in [0.717, 1.165) is 0 Å². The van der Waals surface area contributed by atoms with Gasteiger partial charge in [-0.15, -0.1) is 0 Å². The maximum atomic E-state index is 12.8. The molecule has 0 aromatic heterocycles. The Morgan fingerprint density at radius 3 is 2.43 bits per heavy atom. The molecule has 1 N–H and O–H groups in total. The van der Waals surface area contributed by atoms with Crippen molar-refractivity contribution in [2.24, 2.45) is 5.16 Å². The Hall–Kier alpha value is -2.76. The minimum absolute atomic E-state index is 0.304. The second-order valence-electron chi connectivity index (χ2n) is 4.53. The van der Waals surface area contributed by atoms with Gasteiger partial charge in [-0.3, -0.25) is 0 Å². The number of oxime groups is 1. The molecule has 23 heavy (non-hydrogen) atoms. The Morgan fingerprint density at radius 2 is 1.74 bits per heavy atom. The van der Waals surface area contributed by atoms with Gasteiger partial charge in [0, 0.05) is 5.56 Å². The summed E-state index contributed by atoms with van der Waals surface area (Å²) in [5.41, 5.74) is 0.700. The van der Waals surface area contributed by atoms with Gasteiger partial charge in [0.05, 0.1) is 12.8 Å². The number of rotatable bonds is 8. The van der Waals surface area contributed by atoms with Crippen molar-refractivity contribution in [3.8, 4) is 17.2 Å². The SMILES string of the molecule is CCOc1cc(C=NO)ccc1OCCOc1ccc(F)cc1. The van der Waals surface area contributed by atoms with Crippen molar-refractivity contribution in [1.29, 1.82) is 0 Å². The maximum absolute atomic E-state index is 12.8. The summed E-state index contributed by atoms with van der Waals surface area (Å²) in [7, 11) is 0. The molecule has 2 rings (SSSR count). The molecule has 2 aromatic carbocycles. The number of benzene rings is 2. The highest BCUT2D eigenvalue weighted by Gasteiger charge is 2.06. The molecule has 2 aromatic rings. The van der Waals surface area contributed by atoms with E-state index in [0.29, 0.717) is 42.6 Å². The molecule has 0 fully saturated rings. The van der Waals surface area contributed by atoms with Crippen LogP contribution in [0.3, 0.4) is 0 Å². The molecule has 0 amide bonds. The van der Waals surface area contributed by atoms with Crippen molar-refractivity contribution in [3.05, 3.63) is 53.8 Å². The summed E-state index contributed by atoms with van der Waals surface area (Å²) in [5.74, 6) is 1.41. The number of halogens is 1. The third-order valence-corrected chi connectivity index (χ3v) is 2.90. The predicted octanol–water partition coefficient (Wildman–Crippen LogP) is 3.49. The van der Waals surface area contributed by atoms with E-state index < -0.39 is 0 Å². The molecular weight excluding hydrogens is 301 g/mol. The highest BCUT2D eigenvalue weighted by molar-refractivity contribution is 5.80. The molecule has 0 bridgehead atoms. The van der Waals surface area contributed by atoms with Gasteiger partial charge in [0.1, 0.15) is 24.8 Å². The normalized spacial score (nSPS) is 10.7. The van der Waals surface area contributed by atoms with Crippen LogP contribution in [0.15, 0.2) is 47.6 Å². The number of nitrogens with zero attached hydrogens (tertiary/aromatic N) is 1. The monoisotopic (exact) mass is 319 g/mol. The third-order valence-electron chi connectivity index (χ3n) is 2.90. The van der Waals surface area contributed by atoms with Crippen LogP contribution in [0.2, 0.25) is 0 Å². The fourth-order valence-corrected chi connectivity index (χ4v) is 1.90. The summed E-state index contributed by atoms with van der Waals surface area (Å²) in [6, 6.07) is 11.0. The van der Waals surface area contributed by atoms with Gasteiger partial charge < -0.3 is 19.4 Å². The van der Waals surface area contributed by atoms with Crippen LogP contribution in [0, 0.1) is 5.82 Å². The summed E-state index contributed by atoms with van der Waals surface area (Å²) < 4.78 is 29.4. The van der Waals surface area contributed by atoms with E-state index in [9.17, 15) is 4.39 Å². The standard InChI is InChI=1S/C17H18FNO4/c1-2-21-17-11-13(12-19-20)3-8-16(17)23-10-9-22-15-6-4-14(18)5-7-15/h3-8,11-12,20H,2,9-10H2,1H3. The van der Waals surface area contributed by atoms with Crippen LogP contribution in [0.25, 0.3) is 0 Å². The van der Waals surface area contributed by atoms with E-state index in [1.807, 2.05) is 6.92 Å². The second-order valence-corrected chi connectivity index (χ2v) is 4.53. The summed E-state index contributed by atoms with van der Waals surface area (Å²) in [6.07, 6.45) is 1.31. The van der Waals surface area contributed by atoms with Gasteiger partial charge in [0.2, 0.25) is 0 Å². The van der Waals surface area contributed by atoms with Gasteiger partial charge in [0.25, 0.3) is 0 Å². The Balaban J connectivity index is 1.90. The summed E-state index contributed by atoms with van der Waals surface area (Å²) in [6.45, 7) is 2.98. The number of ether oxygens (including phenoxy) is 3. The molecule has 0 saturated heterocycles. The first-order valence-corrected chi connectivity index (χ1v) is 7.18. The molecule has 0 aliphatic heterocycles. The van der Waals surface area contributed by atoms with Gasteiger partial charge >= 0.3 is 0 Å². The van der Waals surface area contributed by atoms with Crippen LogP contribution in [0.5, 0.6) is 17.2 Å². The zero-order valence-corrected chi connectivity index (χ0v) is 12.7. The smallest absolute Gasteiger partial charge is 0.161 e. The van der Waals surface area contributed by atoms with Crippen molar-refractivity contribution in [2.45, 2.75) is 6.92 Å². The van der Waals surface area contributed by atoms with Gasteiger partial charge in [-0.2, -0.15) is 0 Å². The Bertz CT molecular complexity index is 644. The molecule has 5 nitrogen and oxygen atoms in total. The van der Waals surface area contributed by atoms with E-state index in [-0.39, 0.29) is 5.82 Å². The van der Waals surface area contributed by atoms with Gasteiger partial charge in [-0.1, -0.05) is 5.16 Å². The zero-order chi connectivity index (χ0) is 16.5. The maximum Gasteiger partial charge on any atom is 0.161 e. The van der Waals surface area contributed by atoms with Crippen molar-refractivity contribution in [2.75, 3.05) is 19.8 Å². The largest absolute Gasteiger partial charge is 0.490 e. The molecule has 0 heterocycles. The first-order chi connectivity index (χ1) is 11.2. The fourth-order valence-electron chi connectivity index (χ4n) is 1.90. The lowest BCUT2D eigenvalue weighted by Crippen LogP contribution is -2.10. The van der Waals surface area contributed by atoms with Crippen molar-refractivity contribution < 1.29 is 23.8 Å². The lowest BCUT2D eigenvalue weighted by atomic mass is 10.2. The van der Waals surface area contributed by atoms with Crippen LogP contribution in [0.1, 0.15) is 12.5 Å². The molecular formula is C17H18FNO4. The molecule has 0 saturated carbocycles. The quantitative estimate of drug-likeness (QED) is 0.350. The van der Waals surface area contributed by atoms with Crippen molar-refractivity contribution in [1.82, 2.24) is 0 Å². The lowest BCUT2D eigenvalue weighted by molar-refractivity contribution is 0.208. The fraction of sp³-hybridized carbons (Fsp3) is 0.235. The van der Waals surface area contributed by atoms with Crippen LogP contribution < -0.4 is 14.2 Å². The molecule has 0 atom stereocenters. The summed E-state index contributed by atoms with van der Waals surface area (Å²) in [5, 5.41) is 11.5. The van der Waals surface area contributed by atoms with Crippen molar-refractivity contribution in [3.63, 3.8) is 0 Å². The van der Waals surface area contributed by atoms with E-state index in [1.165, 1.54) is 18.3 Å². The molecule has 0 unspecified atom stereocenters. The molecule has 122 valence electrons. The van der Waals surface area contributed by atoms with Crippen LogP contribution in [-0.4, -0.2) is 31.2 Å². The third kappa shape index (κ3) is 5.18. The Morgan fingerprint density at radius 1 is 1.00 bits per heavy atom. The van der Waals surface area contributed by atoms with Crippen LogP contribution in [0.4, 0.5) is 4.39 Å². The van der Waals surface area contributed by atoms with Crippen LogP contribution in [-0.2, 0) is 0 Å². The number of hydrogen-bond donors (Lipinski definition) is 1. The minimum Gasteiger partial charge on any atom is -0.490 e. The highest BCUT2D eigenvalue weighted by atomic mass is 19.1. The predicted molar refractivity (Wildman–Crippen MR) is 84.4 cm³/mol. The summed E-state index contributed by atoms with van der Waals surface area (Å²) in [4.78, 5) is 0. The van der Waals surface area contributed by atoms with Gasteiger partial charge in [-0.05, 0) is 49.4 Å².